The average Bonchev–Trinajstić information content (AvgIpc) is 3.33. The van der Waals surface area contributed by atoms with E-state index >= 15 is 0 Å². The molecule has 6 nitrogen and oxygen atoms in total. The molecule has 25 heavy (non-hydrogen) atoms. The van der Waals surface area contributed by atoms with Crippen LogP contribution in [0.2, 0.25) is 0 Å². The molecule has 1 aliphatic rings. The summed E-state index contributed by atoms with van der Waals surface area (Å²) in [6, 6.07) is 12.1. The van der Waals surface area contributed by atoms with E-state index in [1.54, 1.807) is 41.3 Å². The van der Waals surface area contributed by atoms with Gasteiger partial charge in [-0.05, 0) is 30.7 Å². The minimum Gasteiger partial charge on any atom is -0.465 e. The van der Waals surface area contributed by atoms with Gasteiger partial charge in [0.1, 0.15) is 11.5 Å². The SMILES string of the molecule is O=C(N/C(=C\c1ccco1)C(=O)N1CCC(CO)C1)c1ccccc1. The van der Waals surface area contributed by atoms with Crippen LogP contribution in [0, 0.1) is 5.92 Å². The standard InChI is InChI=1S/C19H20N2O4/c22-13-14-8-9-21(12-14)19(24)17(11-16-7-4-10-25-16)20-18(23)15-5-2-1-3-6-15/h1-7,10-11,14,22H,8-9,12-13H2,(H,20,23)/b17-11-. The van der Waals surface area contributed by atoms with Crippen LogP contribution in [0.1, 0.15) is 22.5 Å². The van der Waals surface area contributed by atoms with Crippen molar-refractivity contribution in [2.45, 2.75) is 6.42 Å². The Morgan fingerprint density at radius 3 is 2.68 bits per heavy atom. The topological polar surface area (TPSA) is 82.8 Å². The van der Waals surface area contributed by atoms with E-state index in [1.807, 2.05) is 6.07 Å². The molecule has 0 bridgehead atoms. The molecular weight excluding hydrogens is 320 g/mol. The Kier molecular flexibility index (Phi) is 5.30. The van der Waals surface area contributed by atoms with Crippen molar-refractivity contribution < 1.29 is 19.1 Å². The molecule has 1 saturated heterocycles. The monoisotopic (exact) mass is 340 g/mol. The number of hydrogen-bond acceptors (Lipinski definition) is 4. The fourth-order valence-electron chi connectivity index (χ4n) is 2.79. The fourth-order valence-corrected chi connectivity index (χ4v) is 2.79. The number of carbonyl (C=O) groups is 2. The molecule has 2 N–H and O–H groups in total. The largest absolute Gasteiger partial charge is 0.465 e. The van der Waals surface area contributed by atoms with Crippen LogP contribution in [0.25, 0.3) is 6.08 Å². The number of aliphatic hydroxyl groups excluding tert-OH is 1. The second-order valence-corrected chi connectivity index (χ2v) is 5.98. The first-order chi connectivity index (χ1) is 12.2. The number of furan rings is 1. The lowest BCUT2D eigenvalue weighted by Gasteiger charge is -2.18. The highest BCUT2D eigenvalue weighted by atomic mass is 16.3. The molecule has 0 aliphatic carbocycles. The smallest absolute Gasteiger partial charge is 0.270 e. The summed E-state index contributed by atoms with van der Waals surface area (Å²) in [6.45, 7) is 1.09. The van der Waals surface area contributed by atoms with E-state index in [9.17, 15) is 14.7 Å². The summed E-state index contributed by atoms with van der Waals surface area (Å²) >= 11 is 0. The van der Waals surface area contributed by atoms with Crippen molar-refractivity contribution in [3.05, 3.63) is 65.7 Å². The molecule has 0 saturated carbocycles. The summed E-state index contributed by atoms with van der Waals surface area (Å²) in [6.07, 6.45) is 3.78. The van der Waals surface area contributed by atoms with Gasteiger partial charge in [0, 0.05) is 37.3 Å². The zero-order valence-electron chi connectivity index (χ0n) is 13.7. The third-order valence-corrected chi connectivity index (χ3v) is 4.18. The molecule has 3 rings (SSSR count). The Bertz CT molecular complexity index is 753. The van der Waals surface area contributed by atoms with Gasteiger partial charge in [-0.15, -0.1) is 0 Å². The maximum absolute atomic E-state index is 12.8. The first kappa shape index (κ1) is 17.0. The van der Waals surface area contributed by atoms with Crippen LogP contribution < -0.4 is 5.32 Å². The highest BCUT2D eigenvalue weighted by Crippen LogP contribution is 2.18. The molecule has 1 unspecified atom stereocenters. The molecule has 1 fully saturated rings. The van der Waals surface area contributed by atoms with Crippen molar-refractivity contribution in [2.24, 2.45) is 5.92 Å². The van der Waals surface area contributed by atoms with Crippen molar-refractivity contribution in [1.29, 1.82) is 0 Å². The van der Waals surface area contributed by atoms with E-state index in [0.29, 0.717) is 24.4 Å². The van der Waals surface area contributed by atoms with Gasteiger partial charge in [0.05, 0.1) is 6.26 Å². The first-order valence-electron chi connectivity index (χ1n) is 8.19. The number of aliphatic hydroxyl groups is 1. The summed E-state index contributed by atoms with van der Waals surface area (Å²) in [7, 11) is 0. The second kappa shape index (κ2) is 7.81. The predicted octanol–water partition coefficient (Wildman–Crippen LogP) is 1.89. The van der Waals surface area contributed by atoms with E-state index in [1.165, 1.54) is 12.3 Å². The number of benzene rings is 1. The molecule has 2 heterocycles. The third-order valence-electron chi connectivity index (χ3n) is 4.18. The molecule has 1 atom stereocenters. The molecule has 2 aromatic rings. The van der Waals surface area contributed by atoms with Crippen molar-refractivity contribution in [3.8, 4) is 0 Å². The van der Waals surface area contributed by atoms with E-state index in [-0.39, 0.29) is 30.0 Å². The van der Waals surface area contributed by atoms with Crippen LogP contribution in [0.4, 0.5) is 0 Å². The Morgan fingerprint density at radius 1 is 1.24 bits per heavy atom. The van der Waals surface area contributed by atoms with Crippen LogP contribution >= 0.6 is 0 Å². The minimum absolute atomic E-state index is 0.0530. The van der Waals surface area contributed by atoms with Gasteiger partial charge in [0.25, 0.3) is 11.8 Å². The minimum atomic E-state index is -0.357. The van der Waals surface area contributed by atoms with Crippen molar-refractivity contribution in [3.63, 3.8) is 0 Å². The number of nitrogens with one attached hydrogen (secondary N) is 1. The summed E-state index contributed by atoms with van der Waals surface area (Å²) in [4.78, 5) is 26.9. The highest BCUT2D eigenvalue weighted by Gasteiger charge is 2.28. The number of hydrogen-bond donors (Lipinski definition) is 2. The molecule has 1 aromatic heterocycles. The van der Waals surface area contributed by atoms with Crippen molar-refractivity contribution in [1.82, 2.24) is 10.2 Å². The summed E-state index contributed by atoms with van der Waals surface area (Å²) < 4.78 is 5.27. The first-order valence-corrected chi connectivity index (χ1v) is 8.19. The maximum Gasteiger partial charge on any atom is 0.270 e. The number of rotatable bonds is 5. The molecule has 0 spiro atoms. The highest BCUT2D eigenvalue weighted by molar-refractivity contribution is 6.05. The molecular formula is C19H20N2O4. The molecule has 0 radical (unpaired) electrons. The molecule has 6 heteroatoms. The van der Waals surface area contributed by atoms with Gasteiger partial charge in [-0.2, -0.15) is 0 Å². The van der Waals surface area contributed by atoms with Crippen LogP contribution in [0.3, 0.4) is 0 Å². The van der Waals surface area contributed by atoms with Crippen molar-refractivity contribution in [2.75, 3.05) is 19.7 Å². The number of carbonyl (C=O) groups excluding carboxylic acids is 2. The van der Waals surface area contributed by atoms with E-state index in [2.05, 4.69) is 5.32 Å². The van der Waals surface area contributed by atoms with Gasteiger partial charge in [0.2, 0.25) is 0 Å². The summed E-state index contributed by atoms with van der Waals surface area (Å²) in [5.41, 5.74) is 0.623. The van der Waals surface area contributed by atoms with Gasteiger partial charge < -0.3 is 19.7 Å². The van der Waals surface area contributed by atoms with Crippen molar-refractivity contribution >= 4 is 17.9 Å². The molecule has 130 valence electrons. The quantitative estimate of drug-likeness (QED) is 0.814. The van der Waals surface area contributed by atoms with Gasteiger partial charge in [-0.1, -0.05) is 18.2 Å². The summed E-state index contributed by atoms with van der Waals surface area (Å²) in [5, 5.41) is 12.0. The summed E-state index contributed by atoms with van der Waals surface area (Å²) in [5.74, 6) is -0.0745. The van der Waals surface area contributed by atoms with E-state index < -0.39 is 0 Å². The Hall–Kier alpha value is -2.86. The zero-order chi connectivity index (χ0) is 17.6. The van der Waals surface area contributed by atoms with Gasteiger partial charge >= 0.3 is 0 Å². The lowest BCUT2D eigenvalue weighted by molar-refractivity contribution is -0.126. The average molecular weight is 340 g/mol. The van der Waals surface area contributed by atoms with Gasteiger partial charge in [-0.25, -0.2) is 0 Å². The number of nitrogens with zero attached hydrogens (tertiary/aromatic N) is 1. The fraction of sp³-hybridized carbons (Fsp3) is 0.263. The van der Waals surface area contributed by atoms with Crippen LogP contribution in [0.15, 0.2) is 58.8 Å². The zero-order valence-corrected chi connectivity index (χ0v) is 13.7. The second-order valence-electron chi connectivity index (χ2n) is 5.98. The van der Waals surface area contributed by atoms with Crippen LogP contribution in [0.5, 0.6) is 0 Å². The van der Waals surface area contributed by atoms with Gasteiger partial charge in [-0.3, -0.25) is 9.59 Å². The Morgan fingerprint density at radius 2 is 2.04 bits per heavy atom. The lowest BCUT2D eigenvalue weighted by atomic mass is 10.1. The maximum atomic E-state index is 12.8. The Labute approximate surface area is 145 Å². The van der Waals surface area contributed by atoms with E-state index in [4.69, 9.17) is 4.42 Å². The normalized spacial score (nSPS) is 17.6. The van der Waals surface area contributed by atoms with Crippen LogP contribution in [-0.2, 0) is 4.79 Å². The van der Waals surface area contributed by atoms with Crippen LogP contribution in [-0.4, -0.2) is 41.5 Å². The van der Waals surface area contributed by atoms with Gasteiger partial charge in [0.15, 0.2) is 0 Å². The Balaban J connectivity index is 1.81. The molecule has 1 aromatic carbocycles. The molecule has 1 aliphatic heterocycles. The van der Waals surface area contributed by atoms with E-state index in [0.717, 1.165) is 6.42 Å². The number of likely N-dealkylation sites (tertiary alicyclic amines) is 1. The predicted molar refractivity (Wildman–Crippen MR) is 92.4 cm³/mol. The molecule has 2 amide bonds. The number of amides is 2. The third kappa shape index (κ3) is 4.16. The lowest BCUT2D eigenvalue weighted by Crippen LogP contribution is -2.37.